The summed E-state index contributed by atoms with van der Waals surface area (Å²) in [6, 6.07) is 17.9. The van der Waals surface area contributed by atoms with E-state index in [4.69, 9.17) is 11.6 Å². The summed E-state index contributed by atoms with van der Waals surface area (Å²) < 4.78 is 3.73. The Kier molecular flexibility index (Phi) is 5.75. The highest BCUT2D eigenvalue weighted by Crippen LogP contribution is 2.30. The van der Waals surface area contributed by atoms with Crippen LogP contribution in [-0.2, 0) is 13.1 Å². The van der Waals surface area contributed by atoms with E-state index in [1.165, 1.54) is 0 Å². The van der Waals surface area contributed by atoms with Crippen molar-refractivity contribution in [3.05, 3.63) is 81.7 Å². The van der Waals surface area contributed by atoms with Crippen LogP contribution in [0.5, 0.6) is 0 Å². The number of aromatic nitrogens is 7. The SMILES string of the molecule is CCCCn1c(=O)c2cc(Cl)cnc2n1Cc1ccc(-c2ccccc2-c2nn[nH]n2)cc1. The van der Waals surface area contributed by atoms with Gasteiger partial charge in [0.05, 0.1) is 17.0 Å². The highest BCUT2D eigenvalue weighted by atomic mass is 35.5. The summed E-state index contributed by atoms with van der Waals surface area (Å²) in [6.45, 7) is 3.28. The average molecular weight is 460 g/mol. The van der Waals surface area contributed by atoms with Crippen LogP contribution in [0.15, 0.2) is 65.6 Å². The van der Waals surface area contributed by atoms with E-state index >= 15 is 0 Å². The fraction of sp³-hybridized carbons (Fsp3) is 0.208. The third-order valence-electron chi connectivity index (χ3n) is 5.67. The molecule has 9 heteroatoms. The van der Waals surface area contributed by atoms with Gasteiger partial charge in [0.25, 0.3) is 5.56 Å². The molecule has 0 aliphatic heterocycles. The Labute approximate surface area is 194 Å². The lowest BCUT2D eigenvalue weighted by atomic mass is 9.98. The van der Waals surface area contributed by atoms with Gasteiger partial charge in [-0.2, -0.15) is 5.21 Å². The van der Waals surface area contributed by atoms with Crippen LogP contribution in [-0.4, -0.2) is 35.0 Å². The lowest BCUT2D eigenvalue weighted by Gasteiger charge is -2.13. The van der Waals surface area contributed by atoms with Gasteiger partial charge in [0.1, 0.15) is 0 Å². The third-order valence-corrected chi connectivity index (χ3v) is 5.87. The fourth-order valence-electron chi connectivity index (χ4n) is 4.02. The van der Waals surface area contributed by atoms with E-state index in [2.05, 4.69) is 56.8 Å². The predicted molar refractivity (Wildman–Crippen MR) is 128 cm³/mol. The number of hydrogen-bond donors (Lipinski definition) is 1. The van der Waals surface area contributed by atoms with Crippen LogP contribution in [0.3, 0.4) is 0 Å². The Morgan fingerprint density at radius 1 is 1.03 bits per heavy atom. The summed E-state index contributed by atoms with van der Waals surface area (Å²) in [5.41, 5.74) is 4.63. The number of hydrogen-bond acceptors (Lipinski definition) is 5. The van der Waals surface area contributed by atoms with Crippen molar-refractivity contribution >= 4 is 22.6 Å². The summed E-state index contributed by atoms with van der Waals surface area (Å²) in [5.74, 6) is 0.554. The molecule has 3 heterocycles. The van der Waals surface area contributed by atoms with Crippen LogP contribution in [0.2, 0.25) is 5.02 Å². The standard InChI is InChI=1S/C24H22ClN7O/c1-2-3-12-31-24(33)21-13-18(25)14-26-23(21)32(31)15-16-8-10-17(11-9-16)19-6-4-5-7-20(19)22-27-29-30-28-22/h4-11,13-14H,2-3,12,15H2,1H3,(H,27,28,29,30). The maximum absolute atomic E-state index is 13.0. The van der Waals surface area contributed by atoms with Gasteiger partial charge in [0, 0.05) is 18.3 Å². The van der Waals surface area contributed by atoms with Crippen LogP contribution in [0.4, 0.5) is 0 Å². The molecule has 3 aromatic heterocycles. The summed E-state index contributed by atoms with van der Waals surface area (Å²) >= 11 is 6.11. The number of nitrogens with zero attached hydrogens (tertiary/aromatic N) is 6. The first-order valence-electron chi connectivity index (χ1n) is 10.8. The van der Waals surface area contributed by atoms with Crippen LogP contribution < -0.4 is 5.56 Å². The number of H-pyrrole nitrogens is 1. The van der Waals surface area contributed by atoms with E-state index in [0.717, 1.165) is 35.1 Å². The summed E-state index contributed by atoms with van der Waals surface area (Å²) in [7, 11) is 0. The molecule has 0 aliphatic rings. The molecular weight excluding hydrogens is 438 g/mol. The molecule has 1 N–H and O–H groups in total. The van der Waals surface area contributed by atoms with Crippen LogP contribution in [0.1, 0.15) is 25.3 Å². The Bertz CT molecular complexity index is 1450. The molecule has 0 aliphatic carbocycles. The normalized spacial score (nSPS) is 11.3. The first kappa shape index (κ1) is 21.1. The quantitative estimate of drug-likeness (QED) is 0.385. The molecule has 0 spiro atoms. The van der Waals surface area contributed by atoms with Crippen molar-refractivity contribution in [1.82, 2.24) is 35.0 Å². The Morgan fingerprint density at radius 3 is 2.55 bits per heavy atom. The first-order valence-corrected chi connectivity index (χ1v) is 11.2. The van der Waals surface area contributed by atoms with Gasteiger partial charge < -0.3 is 0 Å². The van der Waals surface area contributed by atoms with Gasteiger partial charge in [0.15, 0.2) is 5.65 Å². The van der Waals surface area contributed by atoms with Gasteiger partial charge in [-0.25, -0.2) is 9.67 Å². The molecule has 2 aromatic carbocycles. The topological polar surface area (TPSA) is 94.3 Å². The highest BCUT2D eigenvalue weighted by Gasteiger charge is 2.16. The summed E-state index contributed by atoms with van der Waals surface area (Å²) in [4.78, 5) is 17.5. The first-order chi connectivity index (χ1) is 16.2. The van der Waals surface area contributed by atoms with Gasteiger partial charge in [-0.3, -0.25) is 9.48 Å². The number of aromatic amines is 1. The van der Waals surface area contributed by atoms with Crippen molar-refractivity contribution in [3.63, 3.8) is 0 Å². The minimum Gasteiger partial charge on any atom is -0.267 e. The van der Waals surface area contributed by atoms with E-state index in [0.29, 0.717) is 35.0 Å². The average Bonchev–Trinajstić information content (AvgIpc) is 3.46. The lowest BCUT2D eigenvalue weighted by Crippen LogP contribution is -2.23. The smallest absolute Gasteiger partial charge is 0.267 e. The molecule has 0 amide bonds. The maximum atomic E-state index is 13.0. The molecule has 8 nitrogen and oxygen atoms in total. The van der Waals surface area contributed by atoms with E-state index in [-0.39, 0.29) is 5.56 Å². The van der Waals surface area contributed by atoms with Crippen molar-refractivity contribution in [1.29, 1.82) is 0 Å². The number of tetrazole rings is 1. The van der Waals surface area contributed by atoms with Gasteiger partial charge in [-0.05, 0) is 34.4 Å². The summed E-state index contributed by atoms with van der Waals surface area (Å²) in [5, 5.41) is 15.4. The molecule has 5 rings (SSSR count). The fourth-order valence-corrected chi connectivity index (χ4v) is 4.17. The zero-order chi connectivity index (χ0) is 22.8. The second-order valence-corrected chi connectivity index (χ2v) is 8.28. The molecule has 0 fully saturated rings. The van der Waals surface area contributed by atoms with Crippen molar-refractivity contribution in [3.8, 4) is 22.5 Å². The van der Waals surface area contributed by atoms with Gasteiger partial charge in [-0.15, -0.1) is 10.2 Å². The van der Waals surface area contributed by atoms with E-state index in [1.54, 1.807) is 16.9 Å². The molecule has 0 saturated heterocycles. The molecular formula is C24H22ClN7O. The van der Waals surface area contributed by atoms with E-state index in [9.17, 15) is 4.79 Å². The number of fused-ring (bicyclic) bond motifs is 1. The number of rotatable bonds is 7. The molecule has 5 aromatic rings. The monoisotopic (exact) mass is 459 g/mol. The molecule has 0 bridgehead atoms. The van der Waals surface area contributed by atoms with Gasteiger partial charge in [0.2, 0.25) is 5.82 Å². The molecule has 0 saturated carbocycles. The number of benzene rings is 2. The van der Waals surface area contributed by atoms with Crippen molar-refractivity contribution < 1.29 is 0 Å². The van der Waals surface area contributed by atoms with Gasteiger partial charge >= 0.3 is 0 Å². The minimum absolute atomic E-state index is 0.0564. The number of halogens is 1. The van der Waals surface area contributed by atoms with E-state index in [1.807, 2.05) is 28.9 Å². The van der Waals surface area contributed by atoms with Crippen LogP contribution in [0, 0.1) is 0 Å². The second-order valence-electron chi connectivity index (χ2n) is 7.84. The molecule has 166 valence electrons. The van der Waals surface area contributed by atoms with Crippen LogP contribution >= 0.6 is 11.6 Å². The zero-order valence-corrected chi connectivity index (χ0v) is 18.8. The van der Waals surface area contributed by atoms with E-state index < -0.39 is 0 Å². The maximum Gasteiger partial charge on any atom is 0.276 e. The highest BCUT2D eigenvalue weighted by molar-refractivity contribution is 6.31. The molecule has 0 radical (unpaired) electrons. The largest absolute Gasteiger partial charge is 0.276 e. The minimum atomic E-state index is -0.0564. The Morgan fingerprint density at radius 2 is 1.82 bits per heavy atom. The van der Waals surface area contributed by atoms with Crippen molar-refractivity contribution in [2.45, 2.75) is 32.9 Å². The molecule has 0 atom stereocenters. The van der Waals surface area contributed by atoms with Crippen molar-refractivity contribution in [2.24, 2.45) is 0 Å². The van der Waals surface area contributed by atoms with Crippen molar-refractivity contribution in [2.75, 3.05) is 0 Å². The lowest BCUT2D eigenvalue weighted by molar-refractivity contribution is 0.460. The van der Waals surface area contributed by atoms with Crippen LogP contribution in [0.25, 0.3) is 33.5 Å². The number of nitrogens with one attached hydrogen (secondary N) is 1. The molecule has 0 unspecified atom stereocenters. The molecule has 33 heavy (non-hydrogen) atoms. The predicted octanol–water partition coefficient (Wildman–Crippen LogP) is 4.55. The number of unbranched alkanes of at least 4 members (excludes halogenated alkanes) is 1. The summed E-state index contributed by atoms with van der Waals surface area (Å²) in [6.07, 6.45) is 3.49. The number of pyridine rings is 1. The van der Waals surface area contributed by atoms with Gasteiger partial charge in [-0.1, -0.05) is 73.5 Å². The zero-order valence-electron chi connectivity index (χ0n) is 18.1. The second kappa shape index (κ2) is 8.99. The Balaban J connectivity index is 1.51. The Hall–Kier alpha value is -3.78. The third kappa shape index (κ3) is 4.05.